The van der Waals surface area contributed by atoms with Gasteiger partial charge in [-0.2, -0.15) is 0 Å². The average Bonchev–Trinajstić information content (AvgIpc) is 2.77. The lowest BCUT2D eigenvalue weighted by Crippen LogP contribution is -2.34. The van der Waals surface area contributed by atoms with E-state index in [0.717, 1.165) is 6.42 Å². The normalized spacial score (nSPS) is 27.8. The van der Waals surface area contributed by atoms with E-state index in [4.69, 9.17) is 9.47 Å². The van der Waals surface area contributed by atoms with Crippen LogP contribution >= 0.6 is 0 Å². The van der Waals surface area contributed by atoms with Crippen LogP contribution in [0, 0.1) is 17.8 Å². The zero-order valence-corrected chi connectivity index (χ0v) is 12.3. The summed E-state index contributed by atoms with van der Waals surface area (Å²) in [5.74, 6) is 0.819. The smallest absolute Gasteiger partial charge is 0.412 e. The van der Waals surface area contributed by atoms with E-state index in [1.54, 1.807) is 26.8 Å². The molecule has 5 heteroatoms. The molecule has 1 saturated carbocycles. The number of carbonyl (C=O) groups excluding carboxylic acids is 2. The molecule has 1 N–H and O–H groups in total. The van der Waals surface area contributed by atoms with Crippen LogP contribution in [0.2, 0.25) is 0 Å². The number of rotatable bonds is 3. The van der Waals surface area contributed by atoms with Crippen LogP contribution in [0.1, 0.15) is 27.2 Å². The zero-order valence-electron chi connectivity index (χ0n) is 12.3. The van der Waals surface area contributed by atoms with E-state index < -0.39 is 17.7 Å². The van der Waals surface area contributed by atoms with Crippen molar-refractivity contribution in [2.75, 3.05) is 7.11 Å². The van der Waals surface area contributed by atoms with Gasteiger partial charge in [0, 0.05) is 0 Å². The van der Waals surface area contributed by atoms with Crippen molar-refractivity contribution in [2.45, 2.75) is 32.8 Å². The molecule has 0 spiro atoms. The highest BCUT2D eigenvalue weighted by Crippen LogP contribution is 2.54. The summed E-state index contributed by atoms with van der Waals surface area (Å²) in [6.07, 6.45) is 6.49. The van der Waals surface area contributed by atoms with Gasteiger partial charge in [-0.05, 0) is 51.0 Å². The Labute approximate surface area is 119 Å². The van der Waals surface area contributed by atoms with Gasteiger partial charge in [0.2, 0.25) is 0 Å². The monoisotopic (exact) mass is 279 g/mol. The Morgan fingerprint density at radius 2 is 2.05 bits per heavy atom. The number of allylic oxidation sites excluding steroid dienone is 3. The maximum absolute atomic E-state index is 11.7. The molecule has 2 aliphatic rings. The van der Waals surface area contributed by atoms with Crippen LogP contribution in [-0.4, -0.2) is 24.8 Å². The van der Waals surface area contributed by atoms with E-state index in [1.807, 2.05) is 0 Å². The second-order valence-corrected chi connectivity index (χ2v) is 6.18. The second kappa shape index (κ2) is 5.31. The Morgan fingerprint density at radius 1 is 1.35 bits per heavy atom. The van der Waals surface area contributed by atoms with Crippen LogP contribution in [0.15, 0.2) is 23.9 Å². The summed E-state index contributed by atoms with van der Waals surface area (Å²) in [5.41, 5.74) is -0.445. The molecule has 1 amide bonds. The summed E-state index contributed by atoms with van der Waals surface area (Å²) in [6, 6.07) is 0. The molecule has 2 aliphatic carbocycles. The Balaban J connectivity index is 2.01. The first-order chi connectivity index (χ1) is 9.31. The summed E-state index contributed by atoms with van der Waals surface area (Å²) < 4.78 is 9.84. The van der Waals surface area contributed by atoms with Gasteiger partial charge in [-0.1, -0.05) is 12.2 Å². The first-order valence-electron chi connectivity index (χ1n) is 6.78. The molecule has 3 atom stereocenters. The van der Waals surface area contributed by atoms with Crippen LogP contribution in [0.4, 0.5) is 4.79 Å². The van der Waals surface area contributed by atoms with Crippen molar-refractivity contribution in [1.82, 2.24) is 5.32 Å². The number of alkyl carbamates (subject to hydrolysis) is 1. The molecule has 0 saturated heterocycles. The summed E-state index contributed by atoms with van der Waals surface area (Å²) in [7, 11) is 1.29. The highest BCUT2D eigenvalue weighted by Gasteiger charge is 2.49. The van der Waals surface area contributed by atoms with Gasteiger partial charge >= 0.3 is 12.1 Å². The number of hydrogen-bond acceptors (Lipinski definition) is 4. The van der Waals surface area contributed by atoms with E-state index in [-0.39, 0.29) is 5.70 Å². The lowest BCUT2D eigenvalue weighted by atomic mass is 10.2. The number of hydrogen-bond donors (Lipinski definition) is 1. The van der Waals surface area contributed by atoms with Gasteiger partial charge in [-0.15, -0.1) is 0 Å². The number of nitrogens with one attached hydrogen (secondary N) is 1. The van der Waals surface area contributed by atoms with Crippen molar-refractivity contribution in [3.05, 3.63) is 23.9 Å². The lowest BCUT2D eigenvalue weighted by molar-refractivity contribution is -0.136. The molecular formula is C15H21NO4. The van der Waals surface area contributed by atoms with E-state index in [2.05, 4.69) is 17.5 Å². The predicted octanol–water partition coefficient (Wildman–Crippen LogP) is 2.39. The van der Waals surface area contributed by atoms with Crippen LogP contribution in [0.3, 0.4) is 0 Å². The topological polar surface area (TPSA) is 64.6 Å². The molecule has 0 aromatic rings. The number of amides is 1. The summed E-state index contributed by atoms with van der Waals surface area (Å²) >= 11 is 0. The van der Waals surface area contributed by atoms with Crippen LogP contribution < -0.4 is 5.32 Å². The van der Waals surface area contributed by atoms with Crippen molar-refractivity contribution in [3.8, 4) is 0 Å². The maximum atomic E-state index is 11.7. The first kappa shape index (κ1) is 14.6. The van der Waals surface area contributed by atoms with Gasteiger partial charge < -0.3 is 9.47 Å². The first-order valence-corrected chi connectivity index (χ1v) is 6.78. The van der Waals surface area contributed by atoms with E-state index >= 15 is 0 Å². The molecule has 1 unspecified atom stereocenters. The van der Waals surface area contributed by atoms with Gasteiger partial charge in [0.25, 0.3) is 0 Å². The Morgan fingerprint density at radius 3 is 2.55 bits per heavy atom. The van der Waals surface area contributed by atoms with Gasteiger partial charge in [0.1, 0.15) is 11.3 Å². The summed E-state index contributed by atoms with van der Waals surface area (Å²) in [5, 5.41) is 2.49. The number of ether oxygens (including phenoxy) is 2. The SMILES string of the molecule is COC(=O)C(=CC1[C@H]2C=CC[C@@H]12)NC(=O)OC(C)(C)C. The molecule has 110 valence electrons. The molecule has 0 aromatic carbocycles. The zero-order chi connectivity index (χ0) is 14.9. The molecule has 1 fully saturated rings. The Bertz CT molecular complexity index is 473. The third kappa shape index (κ3) is 3.40. The molecular weight excluding hydrogens is 258 g/mol. The minimum atomic E-state index is -0.643. The molecule has 0 aliphatic heterocycles. The van der Waals surface area contributed by atoms with Crippen molar-refractivity contribution in [2.24, 2.45) is 17.8 Å². The lowest BCUT2D eigenvalue weighted by Gasteiger charge is -2.20. The molecule has 0 heterocycles. The Kier molecular flexibility index (Phi) is 3.88. The number of esters is 1. The largest absolute Gasteiger partial charge is 0.464 e. The van der Waals surface area contributed by atoms with Crippen LogP contribution in [0.5, 0.6) is 0 Å². The van der Waals surface area contributed by atoms with Crippen LogP contribution in [-0.2, 0) is 14.3 Å². The molecule has 2 rings (SSSR count). The number of methoxy groups -OCH3 is 1. The fourth-order valence-corrected chi connectivity index (χ4v) is 2.52. The minimum absolute atomic E-state index is 0.162. The van der Waals surface area contributed by atoms with E-state index in [9.17, 15) is 9.59 Å². The quantitative estimate of drug-likeness (QED) is 0.489. The highest BCUT2D eigenvalue weighted by atomic mass is 16.6. The van der Waals surface area contributed by atoms with E-state index in [1.165, 1.54) is 7.11 Å². The summed E-state index contributed by atoms with van der Waals surface area (Å²) in [4.78, 5) is 23.5. The van der Waals surface area contributed by atoms with Gasteiger partial charge in [0.15, 0.2) is 0 Å². The fraction of sp³-hybridized carbons (Fsp3) is 0.600. The molecule has 5 nitrogen and oxygen atoms in total. The van der Waals surface area contributed by atoms with Gasteiger partial charge in [-0.3, -0.25) is 5.32 Å². The molecule has 20 heavy (non-hydrogen) atoms. The third-order valence-corrected chi connectivity index (χ3v) is 3.46. The van der Waals surface area contributed by atoms with Crippen molar-refractivity contribution in [3.63, 3.8) is 0 Å². The predicted molar refractivity (Wildman–Crippen MR) is 73.7 cm³/mol. The van der Waals surface area contributed by atoms with Crippen molar-refractivity contribution < 1.29 is 19.1 Å². The average molecular weight is 279 g/mol. The second-order valence-electron chi connectivity index (χ2n) is 6.18. The third-order valence-electron chi connectivity index (χ3n) is 3.46. The Hall–Kier alpha value is -1.78. The molecule has 0 bridgehead atoms. The van der Waals surface area contributed by atoms with E-state index in [0.29, 0.717) is 17.8 Å². The molecule has 0 aromatic heterocycles. The maximum Gasteiger partial charge on any atom is 0.412 e. The fourth-order valence-electron chi connectivity index (χ4n) is 2.52. The van der Waals surface area contributed by atoms with Crippen molar-refractivity contribution >= 4 is 12.1 Å². The molecule has 0 radical (unpaired) electrons. The minimum Gasteiger partial charge on any atom is -0.464 e. The standard InChI is InChI=1S/C15H21NO4/c1-15(2,3)20-14(18)16-12(13(17)19-4)8-11-9-6-5-7-10(9)11/h5-6,8-11H,7H2,1-4H3,(H,16,18)/t9-,10+,11?/m0/s1. The van der Waals surface area contributed by atoms with Crippen LogP contribution in [0.25, 0.3) is 0 Å². The number of fused-ring (bicyclic) bond motifs is 1. The highest BCUT2D eigenvalue weighted by molar-refractivity contribution is 5.92. The number of carbonyl (C=O) groups is 2. The van der Waals surface area contributed by atoms with Crippen molar-refractivity contribution in [1.29, 1.82) is 0 Å². The van der Waals surface area contributed by atoms with Gasteiger partial charge in [-0.25, -0.2) is 9.59 Å². The van der Waals surface area contributed by atoms with Gasteiger partial charge in [0.05, 0.1) is 7.11 Å². The summed E-state index contributed by atoms with van der Waals surface area (Å²) in [6.45, 7) is 5.30.